The van der Waals surface area contributed by atoms with Gasteiger partial charge in [0.1, 0.15) is 0 Å². The molecule has 0 aromatic rings. The van der Waals surface area contributed by atoms with Crippen LogP contribution in [0.25, 0.3) is 0 Å². The Morgan fingerprint density at radius 2 is 1.80 bits per heavy atom. The van der Waals surface area contributed by atoms with Crippen molar-refractivity contribution < 1.29 is 14.2 Å². The van der Waals surface area contributed by atoms with Crippen molar-refractivity contribution >= 4 is 0 Å². The second-order valence-corrected chi connectivity index (χ2v) is 3.96. The van der Waals surface area contributed by atoms with E-state index in [0.717, 1.165) is 6.54 Å². The number of hydrogen-bond donors (Lipinski definition) is 0. The summed E-state index contributed by atoms with van der Waals surface area (Å²) in [6, 6.07) is 0.529. The predicted molar refractivity (Wildman–Crippen MR) is 61.3 cm³/mol. The predicted octanol–water partition coefficient (Wildman–Crippen LogP) is 1.00. The molecule has 4 nitrogen and oxygen atoms in total. The van der Waals surface area contributed by atoms with E-state index in [0.29, 0.717) is 25.9 Å². The van der Waals surface area contributed by atoms with Crippen LogP contribution in [-0.2, 0) is 14.2 Å². The van der Waals surface area contributed by atoms with Crippen LogP contribution in [0.2, 0.25) is 0 Å². The maximum Gasteiger partial charge on any atom is 0.0931 e. The lowest BCUT2D eigenvalue weighted by Crippen LogP contribution is -2.37. The fourth-order valence-electron chi connectivity index (χ4n) is 1.08. The molecule has 0 N–H and O–H groups in total. The minimum Gasteiger partial charge on any atom is -0.382 e. The normalized spacial score (nSPS) is 13.8. The van der Waals surface area contributed by atoms with Gasteiger partial charge in [-0.2, -0.15) is 0 Å². The molecule has 0 aliphatic carbocycles. The smallest absolute Gasteiger partial charge is 0.0931 e. The first kappa shape index (κ1) is 14.8. The van der Waals surface area contributed by atoms with Gasteiger partial charge >= 0.3 is 0 Å². The molecule has 92 valence electrons. The van der Waals surface area contributed by atoms with Gasteiger partial charge in [-0.1, -0.05) is 0 Å². The van der Waals surface area contributed by atoms with Crippen molar-refractivity contribution in [3.8, 4) is 0 Å². The molecule has 0 aromatic heterocycles. The van der Waals surface area contributed by atoms with Crippen molar-refractivity contribution in [2.45, 2.75) is 26.0 Å². The molecule has 0 aliphatic rings. The van der Waals surface area contributed by atoms with Crippen LogP contribution in [0.3, 0.4) is 0 Å². The zero-order valence-electron chi connectivity index (χ0n) is 10.7. The van der Waals surface area contributed by atoms with E-state index < -0.39 is 0 Å². The molecule has 4 heteroatoms. The van der Waals surface area contributed by atoms with Crippen LogP contribution in [0.15, 0.2) is 0 Å². The molecule has 0 amide bonds. The van der Waals surface area contributed by atoms with Gasteiger partial charge in [0, 0.05) is 26.8 Å². The molecule has 0 saturated carbocycles. The van der Waals surface area contributed by atoms with Crippen LogP contribution in [0, 0.1) is 0 Å². The lowest BCUT2D eigenvalue weighted by Gasteiger charge is -2.26. The topological polar surface area (TPSA) is 30.9 Å². The fraction of sp³-hybridized carbons (Fsp3) is 1.00. The summed E-state index contributed by atoms with van der Waals surface area (Å²) >= 11 is 0. The molecule has 0 rings (SSSR count). The monoisotopic (exact) mass is 219 g/mol. The standard InChI is InChI=1S/C11H25NO3/c1-10(2)12(3)8-11(14-5)9-15-7-6-13-4/h10-11H,6-9H2,1-5H3. The third kappa shape index (κ3) is 7.73. The number of ether oxygens (including phenoxy) is 3. The number of rotatable bonds is 9. The van der Waals surface area contributed by atoms with E-state index in [1.54, 1.807) is 14.2 Å². The minimum absolute atomic E-state index is 0.134. The summed E-state index contributed by atoms with van der Waals surface area (Å²) < 4.78 is 15.7. The summed E-state index contributed by atoms with van der Waals surface area (Å²) in [5, 5.41) is 0. The molecular weight excluding hydrogens is 194 g/mol. The Labute approximate surface area is 93.5 Å². The first-order chi connectivity index (χ1) is 7.11. The molecule has 0 radical (unpaired) electrons. The summed E-state index contributed by atoms with van der Waals surface area (Å²) in [6.07, 6.45) is 0.134. The van der Waals surface area contributed by atoms with E-state index in [-0.39, 0.29) is 6.10 Å². The van der Waals surface area contributed by atoms with E-state index in [9.17, 15) is 0 Å². The van der Waals surface area contributed by atoms with Crippen molar-refractivity contribution in [2.75, 3.05) is 47.6 Å². The Bertz CT molecular complexity index is 142. The lowest BCUT2D eigenvalue weighted by atomic mass is 10.3. The summed E-state index contributed by atoms with van der Waals surface area (Å²) in [5.41, 5.74) is 0. The van der Waals surface area contributed by atoms with Gasteiger partial charge in [0.2, 0.25) is 0 Å². The van der Waals surface area contributed by atoms with E-state index in [4.69, 9.17) is 14.2 Å². The maximum absolute atomic E-state index is 5.43. The second-order valence-electron chi connectivity index (χ2n) is 3.96. The average Bonchev–Trinajstić information content (AvgIpc) is 2.22. The Morgan fingerprint density at radius 3 is 2.27 bits per heavy atom. The molecular formula is C11H25NO3. The molecule has 0 aliphatic heterocycles. The lowest BCUT2D eigenvalue weighted by molar-refractivity contribution is -0.0215. The summed E-state index contributed by atoms with van der Waals surface area (Å²) in [6.45, 7) is 7.10. The Balaban J connectivity index is 3.63. The molecule has 0 bridgehead atoms. The van der Waals surface area contributed by atoms with Gasteiger partial charge in [-0.05, 0) is 20.9 Å². The van der Waals surface area contributed by atoms with Crippen LogP contribution >= 0.6 is 0 Å². The van der Waals surface area contributed by atoms with E-state index in [1.165, 1.54) is 0 Å². The molecule has 0 spiro atoms. The van der Waals surface area contributed by atoms with Crippen LogP contribution in [-0.4, -0.2) is 64.7 Å². The van der Waals surface area contributed by atoms with Gasteiger partial charge in [0.25, 0.3) is 0 Å². The highest BCUT2D eigenvalue weighted by molar-refractivity contribution is 4.65. The molecule has 1 unspecified atom stereocenters. The Hall–Kier alpha value is -0.160. The van der Waals surface area contributed by atoms with Crippen LogP contribution in [0.5, 0.6) is 0 Å². The first-order valence-electron chi connectivity index (χ1n) is 5.41. The quantitative estimate of drug-likeness (QED) is 0.541. The zero-order valence-corrected chi connectivity index (χ0v) is 10.7. The molecule has 1 atom stereocenters. The van der Waals surface area contributed by atoms with Gasteiger partial charge < -0.3 is 19.1 Å². The molecule has 0 heterocycles. The summed E-state index contributed by atoms with van der Waals surface area (Å²) in [7, 11) is 5.48. The van der Waals surface area contributed by atoms with E-state index in [2.05, 4.69) is 25.8 Å². The zero-order chi connectivity index (χ0) is 11.7. The van der Waals surface area contributed by atoms with Crippen molar-refractivity contribution in [3.05, 3.63) is 0 Å². The number of methoxy groups -OCH3 is 2. The number of likely N-dealkylation sites (N-methyl/N-ethyl adjacent to an activating group) is 1. The number of nitrogens with zero attached hydrogens (tertiary/aromatic N) is 1. The summed E-state index contributed by atoms with van der Waals surface area (Å²) in [5.74, 6) is 0. The van der Waals surface area contributed by atoms with Gasteiger partial charge in [0.05, 0.1) is 25.9 Å². The summed E-state index contributed by atoms with van der Waals surface area (Å²) in [4.78, 5) is 2.24. The van der Waals surface area contributed by atoms with Crippen molar-refractivity contribution in [1.29, 1.82) is 0 Å². The number of hydrogen-bond acceptors (Lipinski definition) is 4. The van der Waals surface area contributed by atoms with Gasteiger partial charge in [0.15, 0.2) is 0 Å². The SMILES string of the molecule is COCCOCC(CN(C)C(C)C)OC. The Morgan fingerprint density at radius 1 is 1.13 bits per heavy atom. The van der Waals surface area contributed by atoms with Crippen LogP contribution < -0.4 is 0 Å². The van der Waals surface area contributed by atoms with E-state index in [1.807, 2.05) is 0 Å². The Kier molecular flexibility index (Phi) is 9.00. The van der Waals surface area contributed by atoms with Crippen LogP contribution in [0.1, 0.15) is 13.8 Å². The highest BCUT2D eigenvalue weighted by Crippen LogP contribution is 1.99. The van der Waals surface area contributed by atoms with Crippen LogP contribution in [0.4, 0.5) is 0 Å². The van der Waals surface area contributed by atoms with Crippen molar-refractivity contribution in [2.24, 2.45) is 0 Å². The average molecular weight is 219 g/mol. The molecule has 0 aromatic carbocycles. The molecule has 0 saturated heterocycles. The first-order valence-corrected chi connectivity index (χ1v) is 5.41. The second kappa shape index (κ2) is 9.09. The van der Waals surface area contributed by atoms with Gasteiger partial charge in [-0.3, -0.25) is 0 Å². The third-order valence-electron chi connectivity index (χ3n) is 2.44. The van der Waals surface area contributed by atoms with Crippen molar-refractivity contribution in [3.63, 3.8) is 0 Å². The highest BCUT2D eigenvalue weighted by atomic mass is 16.5. The molecule has 15 heavy (non-hydrogen) atoms. The maximum atomic E-state index is 5.43. The molecule has 0 fully saturated rings. The fourth-order valence-corrected chi connectivity index (χ4v) is 1.08. The van der Waals surface area contributed by atoms with Gasteiger partial charge in [-0.25, -0.2) is 0 Å². The van der Waals surface area contributed by atoms with E-state index >= 15 is 0 Å². The van der Waals surface area contributed by atoms with Crippen molar-refractivity contribution in [1.82, 2.24) is 4.90 Å². The third-order valence-corrected chi connectivity index (χ3v) is 2.44. The largest absolute Gasteiger partial charge is 0.382 e. The van der Waals surface area contributed by atoms with Gasteiger partial charge in [-0.15, -0.1) is 0 Å². The highest BCUT2D eigenvalue weighted by Gasteiger charge is 2.12. The minimum atomic E-state index is 0.134.